The maximum atomic E-state index is 10.7. The van der Waals surface area contributed by atoms with Crippen molar-refractivity contribution < 1.29 is 9.53 Å². The van der Waals surface area contributed by atoms with Crippen molar-refractivity contribution in [2.45, 2.75) is 0 Å². The van der Waals surface area contributed by atoms with Gasteiger partial charge in [-0.25, -0.2) is 0 Å². The summed E-state index contributed by atoms with van der Waals surface area (Å²) in [6, 6.07) is 17.1. The smallest absolute Gasteiger partial charge is 0.166 e. The monoisotopic (exact) mass is 237 g/mol. The Balaban J connectivity index is 1.95. The summed E-state index contributed by atoms with van der Waals surface area (Å²) in [5.74, 6) is 1.55. The van der Waals surface area contributed by atoms with Crippen LogP contribution in [0.15, 0.2) is 54.6 Å². The molecule has 0 aliphatic carbocycles. The minimum atomic E-state index is 0.571. The topological polar surface area (TPSA) is 42.1 Å². The molecule has 0 bridgehead atoms. The van der Waals surface area contributed by atoms with Crippen LogP contribution in [-0.4, -0.2) is 11.3 Å². The van der Waals surface area contributed by atoms with Gasteiger partial charge in [0.05, 0.1) is 5.69 Å². The molecule has 3 aromatic rings. The van der Waals surface area contributed by atoms with Gasteiger partial charge in [-0.05, 0) is 36.4 Å². The summed E-state index contributed by atoms with van der Waals surface area (Å²) in [5, 5.41) is 0.963. The number of carbonyl (C=O) groups is 1. The van der Waals surface area contributed by atoms with Crippen LogP contribution in [0.25, 0.3) is 10.9 Å². The van der Waals surface area contributed by atoms with Crippen LogP contribution >= 0.6 is 0 Å². The number of fused-ring (bicyclic) bond motifs is 1. The highest BCUT2D eigenvalue weighted by molar-refractivity contribution is 5.88. The highest BCUT2D eigenvalue weighted by atomic mass is 16.5. The molecule has 18 heavy (non-hydrogen) atoms. The summed E-state index contributed by atoms with van der Waals surface area (Å²) in [5.41, 5.74) is 1.50. The number of aldehydes is 1. The van der Waals surface area contributed by atoms with Crippen LogP contribution in [0.5, 0.6) is 11.5 Å². The lowest BCUT2D eigenvalue weighted by atomic mass is 10.2. The zero-order valence-electron chi connectivity index (χ0n) is 9.59. The van der Waals surface area contributed by atoms with Gasteiger partial charge in [-0.15, -0.1) is 0 Å². The van der Waals surface area contributed by atoms with Crippen molar-refractivity contribution in [3.63, 3.8) is 0 Å². The molecule has 3 nitrogen and oxygen atoms in total. The molecular formula is C15H11NO2. The van der Waals surface area contributed by atoms with E-state index in [0.29, 0.717) is 5.69 Å². The molecule has 0 fully saturated rings. The first-order chi connectivity index (χ1) is 8.85. The first-order valence-corrected chi connectivity index (χ1v) is 5.66. The first kappa shape index (κ1) is 10.6. The van der Waals surface area contributed by atoms with Gasteiger partial charge in [0.15, 0.2) is 6.29 Å². The van der Waals surface area contributed by atoms with E-state index in [2.05, 4.69) is 4.98 Å². The van der Waals surface area contributed by atoms with Crippen molar-refractivity contribution in [3.05, 3.63) is 60.3 Å². The number of carbonyl (C=O) groups excluding carboxylic acids is 1. The van der Waals surface area contributed by atoms with Gasteiger partial charge in [0.25, 0.3) is 0 Å². The molecule has 0 spiro atoms. The van der Waals surface area contributed by atoms with Crippen LogP contribution in [0, 0.1) is 0 Å². The summed E-state index contributed by atoms with van der Waals surface area (Å²) in [4.78, 5) is 13.7. The quantitative estimate of drug-likeness (QED) is 0.704. The molecule has 1 N–H and O–H groups in total. The van der Waals surface area contributed by atoms with E-state index < -0.39 is 0 Å². The average molecular weight is 237 g/mol. The van der Waals surface area contributed by atoms with Gasteiger partial charge in [-0.2, -0.15) is 0 Å². The molecule has 2 aromatic carbocycles. The predicted molar refractivity (Wildman–Crippen MR) is 70.2 cm³/mol. The molecule has 0 unspecified atom stereocenters. The number of nitrogens with one attached hydrogen (secondary N) is 1. The summed E-state index contributed by atoms with van der Waals surface area (Å²) in [7, 11) is 0. The van der Waals surface area contributed by atoms with Crippen LogP contribution in [0.2, 0.25) is 0 Å². The van der Waals surface area contributed by atoms with Crippen molar-refractivity contribution in [3.8, 4) is 11.5 Å². The molecule has 88 valence electrons. The van der Waals surface area contributed by atoms with E-state index in [1.54, 1.807) is 6.07 Å². The average Bonchev–Trinajstić information content (AvgIpc) is 2.82. The van der Waals surface area contributed by atoms with Gasteiger partial charge in [-0.3, -0.25) is 4.79 Å². The van der Waals surface area contributed by atoms with Crippen molar-refractivity contribution in [2.24, 2.45) is 0 Å². The van der Waals surface area contributed by atoms with Gasteiger partial charge in [0.1, 0.15) is 11.5 Å². The van der Waals surface area contributed by atoms with Crippen molar-refractivity contribution >= 4 is 17.2 Å². The molecule has 1 aromatic heterocycles. The number of hydrogen-bond acceptors (Lipinski definition) is 2. The minimum Gasteiger partial charge on any atom is -0.457 e. The van der Waals surface area contributed by atoms with Crippen molar-refractivity contribution in [2.75, 3.05) is 0 Å². The lowest BCUT2D eigenvalue weighted by Gasteiger charge is -2.04. The minimum absolute atomic E-state index is 0.571. The summed E-state index contributed by atoms with van der Waals surface area (Å²) in [6.07, 6.45) is 0.803. The maximum Gasteiger partial charge on any atom is 0.166 e. The van der Waals surface area contributed by atoms with E-state index in [9.17, 15) is 4.79 Å². The molecular weight excluding hydrogens is 226 g/mol. The van der Waals surface area contributed by atoms with Crippen molar-refractivity contribution in [1.29, 1.82) is 0 Å². The highest BCUT2D eigenvalue weighted by Gasteiger charge is 2.02. The Labute approximate surface area is 104 Å². The maximum absolute atomic E-state index is 10.7. The number of benzene rings is 2. The van der Waals surface area contributed by atoms with Crippen LogP contribution in [0.3, 0.4) is 0 Å². The van der Waals surface area contributed by atoms with Gasteiger partial charge in [-0.1, -0.05) is 18.2 Å². The normalized spacial score (nSPS) is 10.4. The molecule has 0 aliphatic heterocycles. The molecule has 1 heterocycles. The molecule has 0 amide bonds. The number of para-hydroxylation sites is 1. The third kappa shape index (κ3) is 1.98. The lowest BCUT2D eigenvalue weighted by molar-refractivity contribution is 0.112. The Morgan fingerprint density at radius 3 is 2.56 bits per heavy atom. The Hall–Kier alpha value is -2.55. The molecule has 0 radical (unpaired) electrons. The molecule has 0 saturated heterocycles. The van der Waals surface area contributed by atoms with Gasteiger partial charge in [0, 0.05) is 10.9 Å². The molecule has 0 saturated carbocycles. The van der Waals surface area contributed by atoms with Gasteiger partial charge >= 0.3 is 0 Å². The summed E-state index contributed by atoms with van der Waals surface area (Å²) < 4.78 is 5.73. The van der Waals surface area contributed by atoms with E-state index in [-0.39, 0.29) is 0 Å². The number of ether oxygens (including phenoxy) is 1. The number of rotatable bonds is 3. The second kappa shape index (κ2) is 4.37. The van der Waals surface area contributed by atoms with Crippen LogP contribution < -0.4 is 4.74 Å². The number of H-pyrrole nitrogens is 1. The predicted octanol–water partition coefficient (Wildman–Crippen LogP) is 3.77. The SMILES string of the molecule is O=Cc1cc2cc(Oc3ccccc3)ccc2[nH]1. The molecule has 0 atom stereocenters. The number of hydrogen-bond donors (Lipinski definition) is 1. The Kier molecular flexibility index (Phi) is 2.57. The van der Waals surface area contributed by atoms with Crippen LogP contribution in [0.4, 0.5) is 0 Å². The third-order valence-corrected chi connectivity index (χ3v) is 2.72. The second-order valence-electron chi connectivity index (χ2n) is 4.01. The Morgan fingerprint density at radius 2 is 1.78 bits per heavy atom. The Bertz CT molecular complexity index is 686. The van der Waals surface area contributed by atoms with E-state index in [0.717, 1.165) is 28.7 Å². The van der Waals surface area contributed by atoms with Crippen LogP contribution in [0.1, 0.15) is 10.5 Å². The van der Waals surface area contributed by atoms with E-state index in [1.165, 1.54) is 0 Å². The zero-order valence-corrected chi connectivity index (χ0v) is 9.59. The Morgan fingerprint density at radius 1 is 0.944 bits per heavy atom. The summed E-state index contributed by atoms with van der Waals surface area (Å²) in [6.45, 7) is 0. The second-order valence-corrected chi connectivity index (χ2v) is 4.01. The molecule has 0 aliphatic rings. The van der Waals surface area contributed by atoms with Crippen molar-refractivity contribution in [1.82, 2.24) is 4.98 Å². The number of aromatic amines is 1. The fraction of sp³-hybridized carbons (Fsp3) is 0. The first-order valence-electron chi connectivity index (χ1n) is 5.66. The van der Waals surface area contributed by atoms with E-state index in [4.69, 9.17) is 4.74 Å². The van der Waals surface area contributed by atoms with E-state index >= 15 is 0 Å². The fourth-order valence-corrected chi connectivity index (χ4v) is 1.88. The largest absolute Gasteiger partial charge is 0.457 e. The summed E-state index contributed by atoms with van der Waals surface area (Å²) >= 11 is 0. The highest BCUT2D eigenvalue weighted by Crippen LogP contribution is 2.25. The lowest BCUT2D eigenvalue weighted by Crippen LogP contribution is -1.82. The van der Waals surface area contributed by atoms with E-state index in [1.807, 2.05) is 48.5 Å². The van der Waals surface area contributed by atoms with Crippen LogP contribution in [-0.2, 0) is 0 Å². The third-order valence-electron chi connectivity index (χ3n) is 2.72. The van der Waals surface area contributed by atoms with Gasteiger partial charge in [0.2, 0.25) is 0 Å². The molecule has 3 heteroatoms. The standard InChI is InChI=1S/C15H11NO2/c17-10-12-8-11-9-14(6-7-15(11)16-12)18-13-4-2-1-3-5-13/h1-10,16H. The fourth-order valence-electron chi connectivity index (χ4n) is 1.88. The molecule has 3 rings (SSSR count). The zero-order chi connectivity index (χ0) is 12.4. The number of aromatic nitrogens is 1. The van der Waals surface area contributed by atoms with Gasteiger partial charge < -0.3 is 9.72 Å².